The second-order valence-corrected chi connectivity index (χ2v) is 6.66. The summed E-state index contributed by atoms with van der Waals surface area (Å²) in [7, 11) is 0. The molecule has 0 amide bonds. The van der Waals surface area contributed by atoms with Gasteiger partial charge in [-0.05, 0) is 72.5 Å². The minimum Gasteiger partial charge on any atom is -0.494 e. The van der Waals surface area contributed by atoms with Crippen molar-refractivity contribution in [1.82, 2.24) is 10.9 Å². The van der Waals surface area contributed by atoms with Crippen LogP contribution >= 0.6 is 0 Å². The predicted octanol–water partition coefficient (Wildman–Crippen LogP) is 4.53. The van der Waals surface area contributed by atoms with Gasteiger partial charge in [-0.15, -0.1) is 0 Å². The van der Waals surface area contributed by atoms with Crippen LogP contribution in [0, 0.1) is 5.41 Å². The third-order valence-corrected chi connectivity index (χ3v) is 4.07. The summed E-state index contributed by atoms with van der Waals surface area (Å²) >= 11 is 0. The molecule has 7 heteroatoms. The first-order chi connectivity index (χ1) is 14.7. The fourth-order valence-electron chi connectivity index (χ4n) is 2.34. The largest absolute Gasteiger partial charge is 0.494 e. The minimum atomic E-state index is -0.0264. The third kappa shape index (κ3) is 9.23. The van der Waals surface area contributed by atoms with Crippen LogP contribution in [0.2, 0.25) is 0 Å². The van der Waals surface area contributed by atoms with Crippen molar-refractivity contribution >= 4 is 18.4 Å². The molecular formula is C23H31N5O2. The molecule has 7 nitrogen and oxygen atoms in total. The van der Waals surface area contributed by atoms with Crippen LogP contribution in [0.4, 0.5) is 0 Å². The smallest absolute Gasteiger partial charge is 0.230 e. The molecule has 30 heavy (non-hydrogen) atoms. The zero-order valence-corrected chi connectivity index (χ0v) is 17.7. The number of nitrogens with one attached hydrogen (secondary N) is 3. The van der Waals surface area contributed by atoms with Gasteiger partial charge in [0.1, 0.15) is 11.5 Å². The number of nitrogens with zero attached hydrogens (tertiary/aromatic N) is 2. The SMILES string of the molecule is CCCCOc1ccc(/C=N/NC(=N)N/N=C/c2ccc(OCCCC)cc2)cc1. The number of hydrogen-bond acceptors (Lipinski definition) is 5. The molecule has 2 rings (SSSR count). The van der Waals surface area contributed by atoms with Crippen molar-refractivity contribution in [3.63, 3.8) is 0 Å². The molecule has 0 aliphatic heterocycles. The van der Waals surface area contributed by atoms with E-state index in [1.807, 2.05) is 48.5 Å². The Morgan fingerprint density at radius 3 is 1.53 bits per heavy atom. The maximum atomic E-state index is 7.79. The Balaban J connectivity index is 1.70. The predicted molar refractivity (Wildman–Crippen MR) is 123 cm³/mol. The summed E-state index contributed by atoms with van der Waals surface area (Å²) < 4.78 is 11.3. The van der Waals surface area contributed by atoms with Crippen molar-refractivity contribution in [2.24, 2.45) is 10.2 Å². The van der Waals surface area contributed by atoms with Crippen molar-refractivity contribution in [3.8, 4) is 11.5 Å². The first-order valence-corrected chi connectivity index (χ1v) is 10.3. The van der Waals surface area contributed by atoms with Gasteiger partial charge in [-0.1, -0.05) is 26.7 Å². The Labute approximate surface area is 178 Å². The summed E-state index contributed by atoms with van der Waals surface area (Å²) in [6.07, 6.45) is 7.58. The summed E-state index contributed by atoms with van der Waals surface area (Å²) in [5, 5.41) is 15.8. The van der Waals surface area contributed by atoms with Crippen molar-refractivity contribution in [1.29, 1.82) is 5.41 Å². The molecule has 0 heterocycles. The summed E-state index contributed by atoms with van der Waals surface area (Å²) in [5.74, 6) is 1.66. The topological polar surface area (TPSA) is 91.1 Å². The quantitative estimate of drug-likeness (QED) is 0.208. The molecule has 0 saturated carbocycles. The molecule has 0 spiro atoms. The van der Waals surface area contributed by atoms with Crippen molar-refractivity contribution in [2.45, 2.75) is 39.5 Å². The van der Waals surface area contributed by atoms with Crippen molar-refractivity contribution in [2.75, 3.05) is 13.2 Å². The molecule has 0 aliphatic carbocycles. The summed E-state index contributed by atoms with van der Waals surface area (Å²) in [6, 6.07) is 15.3. The normalized spacial score (nSPS) is 11.0. The molecule has 160 valence electrons. The second kappa shape index (κ2) is 13.8. The summed E-state index contributed by atoms with van der Waals surface area (Å²) in [6.45, 7) is 5.72. The number of guanidine groups is 1. The molecule has 3 N–H and O–H groups in total. The maximum absolute atomic E-state index is 7.79. The Morgan fingerprint density at radius 1 is 0.767 bits per heavy atom. The average molecular weight is 410 g/mol. The number of unbranched alkanes of at least 4 members (excludes halogenated alkanes) is 2. The molecule has 2 aromatic carbocycles. The van der Waals surface area contributed by atoms with Gasteiger partial charge < -0.3 is 9.47 Å². The van der Waals surface area contributed by atoms with Gasteiger partial charge >= 0.3 is 0 Å². The molecule has 0 aliphatic rings. The van der Waals surface area contributed by atoms with Gasteiger partial charge in [0.2, 0.25) is 5.96 Å². The van der Waals surface area contributed by atoms with Gasteiger partial charge in [-0.25, -0.2) is 10.9 Å². The lowest BCUT2D eigenvalue weighted by molar-refractivity contribution is 0.309. The van der Waals surface area contributed by atoms with Crippen LogP contribution in [0.5, 0.6) is 11.5 Å². The van der Waals surface area contributed by atoms with Crippen LogP contribution in [0.3, 0.4) is 0 Å². The lowest BCUT2D eigenvalue weighted by atomic mass is 10.2. The number of benzene rings is 2. The lowest BCUT2D eigenvalue weighted by Gasteiger charge is -2.05. The van der Waals surface area contributed by atoms with Crippen molar-refractivity contribution in [3.05, 3.63) is 59.7 Å². The molecule has 0 atom stereocenters. The van der Waals surface area contributed by atoms with Crippen LogP contribution < -0.4 is 20.3 Å². The van der Waals surface area contributed by atoms with Gasteiger partial charge in [-0.2, -0.15) is 10.2 Å². The molecule has 0 bridgehead atoms. The van der Waals surface area contributed by atoms with Crippen LogP contribution in [0.25, 0.3) is 0 Å². The summed E-state index contributed by atoms with van der Waals surface area (Å²) in [5.41, 5.74) is 6.99. The zero-order valence-electron chi connectivity index (χ0n) is 17.7. The first-order valence-electron chi connectivity index (χ1n) is 10.3. The number of ether oxygens (including phenoxy) is 2. The Hall–Kier alpha value is -3.35. The highest BCUT2D eigenvalue weighted by Gasteiger charge is 1.96. The van der Waals surface area contributed by atoms with E-state index in [0.29, 0.717) is 0 Å². The molecule has 0 fully saturated rings. The number of hydrazone groups is 2. The van der Waals surface area contributed by atoms with E-state index in [4.69, 9.17) is 14.9 Å². The molecule has 0 aromatic heterocycles. The summed E-state index contributed by atoms with van der Waals surface area (Å²) in [4.78, 5) is 0. The molecule has 0 radical (unpaired) electrons. The third-order valence-electron chi connectivity index (χ3n) is 4.07. The highest BCUT2D eigenvalue weighted by atomic mass is 16.5. The fourth-order valence-corrected chi connectivity index (χ4v) is 2.34. The Bertz CT molecular complexity index is 734. The Morgan fingerprint density at radius 2 is 1.17 bits per heavy atom. The van der Waals surface area contributed by atoms with Gasteiger partial charge in [-0.3, -0.25) is 5.41 Å². The lowest BCUT2D eigenvalue weighted by Crippen LogP contribution is -2.29. The molecule has 2 aromatic rings. The first kappa shape index (κ1) is 22.9. The second-order valence-electron chi connectivity index (χ2n) is 6.66. The highest BCUT2D eigenvalue weighted by Crippen LogP contribution is 2.12. The van der Waals surface area contributed by atoms with Crippen LogP contribution in [-0.4, -0.2) is 31.6 Å². The average Bonchev–Trinajstić information content (AvgIpc) is 2.76. The van der Waals surface area contributed by atoms with E-state index in [1.165, 1.54) is 0 Å². The van der Waals surface area contributed by atoms with Gasteiger partial charge in [0, 0.05) is 0 Å². The van der Waals surface area contributed by atoms with E-state index in [1.54, 1.807) is 12.4 Å². The zero-order chi connectivity index (χ0) is 21.4. The van der Waals surface area contributed by atoms with Crippen LogP contribution in [0.15, 0.2) is 58.7 Å². The molecule has 0 unspecified atom stereocenters. The van der Waals surface area contributed by atoms with Crippen LogP contribution in [0.1, 0.15) is 50.7 Å². The standard InChI is InChI=1S/C23H31N5O2/c1-3-5-15-29-21-11-7-19(8-12-21)17-25-27-23(24)28-26-18-20-9-13-22(14-10-20)30-16-6-4-2/h7-14,17-18H,3-6,15-16H2,1-2H3,(H3,24,27,28)/b25-17+,26-18+. The van der Waals surface area contributed by atoms with Crippen molar-refractivity contribution < 1.29 is 9.47 Å². The fraction of sp³-hybridized carbons (Fsp3) is 0.348. The van der Waals surface area contributed by atoms with Gasteiger partial charge in [0.05, 0.1) is 25.6 Å². The van der Waals surface area contributed by atoms with E-state index < -0.39 is 0 Å². The van der Waals surface area contributed by atoms with E-state index in [-0.39, 0.29) is 5.96 Å². The monoisotopic (exact) mass is 409 g/mol. The van der Waals surface area contributed by atoms with Crippen LogP contribution in [-0.2, 0) is 0 Å². The van der Waals surface area contributed by atoms with Gasteiger partial charge in [0.25, 0.3) is 0 Å². The van der Waals surface area contributed by atoms with Gasteiger partial charge in [0.15, 0.2) is 0 Å². The number of rotatable bonds is 12. The molecular weight excluding hydrogens is 378 g/mol. The maximum Gasteiger partial charge on any atom is 0.230 e. The highest BCUT2D eigenvalue weighted by molar-refractivity contribution is 5.84. The molecule has 0 saturated heterocycles. The van der Waals surface area contributed by atoms with E-state index in [0.717, 1.165) is 61.5 Å². The van der Waals surface area contributed by atoms with E-state index >= 15 is 0 Å². The van der Waals surface area contributed by atoms with E-state index in [2.05, 4.69) is 34.9 Å². The number of hydrogen-bond donors (Lipinski definition) is 3. The Kier molecular flexibility index (Phi) is 10.5. The van der Waals surface area contributed by atoms with E-state index in [9.17, 15) is 0 Å². The minimum absolute atomic E-state index is 0.0264.